The zero-order chi connectivity index (χ0) is 19.1. The second-order valence-corrected chi connectivity index (χ2v) is 6.65. The van der Waals surface area contributed by atoms with Gasteiger partial charge in [-0.25, -0.2) is 4.79 Å². The third-order valence-electron chi connectivity index (χ3n) is 4.30. The molecule has 1 aromatic heterocycles. The first kappa shape index (κ1) is 17.7. The Balaban J connectivity index is 1.87. The molecule has 2 heterocycles. The zero-order valence-corrected chi connectivity index (χ0v) is 15.0. The van der Waals surface area contributed by atoms with Crippen LogP contribution in [-0.2, 0) is 21.4 Å². The number of nitrogens with one attached hydrogen (secondary N) is 1. The molecule has 0 unspecified atom stereocenters. The number of aromatic nitrogens is 2. The first-order chi connectivity index (χ1) is 12.2. The largest absolute Gasteiger partial charge is 0.449 e. The molecule has 0 fully saturated rings. The van der Waals surface area contributed by atoms with Crippen LogP contribution in [0.25, 0.3) is 0 Å². The molecule has 1 N–H and O–H groups in total. The van der Waals surface area contributed by atoms with Gasteiger partial charge in [0.15, 0.2) is 6.10 Å². The number of esters is 1. The van der Waals surface area contributed by atoms with Crippen molar-refractivity contribution in [2.75, 3.05) is 10.2 Å². The molecule has 1 aliphatic rings. The van der Waals surface area contributed by atoms with E-state index in [1.807, 2.05) is 0 Å². The van der Waals surface area contributed by atoms with Gasteiger partial charge in [-0.1, -0.05) is 12.1 Å². The third kappa shape index (κ3) is 2.94. The zero-order valence-electron chi connectivity index (χ0n) is 15.0. The number of nitrogens with zero attached hydrogens (tertiary/aromatic N) is 3. The number of benzene rings is 1. The molecule has 0 radical (unpaired) electrons. The summed E-state index contributed by atoms with van der Waals surface area (Å²) in [7, 11) is 1.68. The standard InChI is InChI=1S/C18H20N4O4/c1-11(26-16(24)12-9-19-21(4)10-12)15(23)22-14-8-6-5-7-13(14)20-17(25)18(22,2)3/h5-11H,1-4H3,(H,20,25)/t11-/m0/s1. The van der Waals surface area contributed by atoms with Crippen LogP contribution in [0.5, 0.6) is 0 Å². The molecular formula is C18H20N4O4. The Bertz CT molecular complexity index is 887. The fourth-order valence-corrected chi connectivity index (χ4v) is 2.83. The number of ether oxygens (including phenoxy) is 1. The van der Waals surface area contributed by atoms with Crippen molar-refractivity contribution in [1.29, 1.82) is 0 Å². The fourth-order valence-electron chi connectivity index (χ4n) is 2.83. The summed E-state index contributed by atoms with van der Waals surface area (Å²) in [5.74, 6) is -1.43. The number of anilines is 2. The Morgan fingerprint density at radius 1 is 1.27 bits per heavy atom. The van der Waals surface area contributed by atoms with Crippen LogP contribution in [0, 0.1) is 0 Å². The normalized spacial score (nSPS) is 16.5. The van der Waals surface area contributed by atoms with Gasteiger partial charge >= 0.3 is 5.97 Å². The molecule has 8 nitrogen and oxygen atoms in total. The Labute approximate surface area is 150 Å². The minimum absolute atomic E-state index is 0.253. The van der Waals surface area contributed by atoms with E-state index in [2.05, 4.69) is 10.4 Å². The maximum atomic E-state index is 13.0. The highest BCUT2D eigenvalue weighted by Gasteiger charge is 2.45. The monoisotopic (exact) mass is 356 g/mol. The number of fused-ring (bicyclic) bond motifs is 1. The average Bonchev–Trinajstić information content (AvgIpc) is 3.02. The van der Waals surface area contributed by atoms with Crippen molar-refractivity contribution in [1.82, 2.24) is 9.78 Å². The molecule has 0 saturated heterocycles. The molecule has 2 aromatic rings. The van der Waals surface area contributed by atoms with Crippen LogP contribution in [0.1, 0.15) is 31.1 Å². The Morgan fingerprint density at radius 3 is 2.62 bits per heavy atom. The maximum Gasteiger partial charge on any atom is 0.342 e. The number of para-hydroxylation sites is 2. The van der Waals surface area contributed by atoms with Gasteiger partial charge in [0.1, 0.15) is 5.54 Å². The van der Waals surface area contributed by atoms with Gasteiger partial charge in [-0.3, -0.25) is 19.2 Å². The molecule has 0 bridgehead atoms. The van der Waals surface area contributed by atoms with Gasteiger partial charge in [-0.05, 0) is 32.9 Å². The number of carbonyl (C=O) groups is 3. The second kappa shape index (κ2) is 6.29. The van der Waals surface area contributed by atoms with Crippen LogP contribution < -0.4 is 10.2 Å². The van der Waals surface area contributed by atoms with Crippen molar-refractivity contribution in [3.63, 3.8) is 0 Å². The number of hydrogen-bond donors (Lipinski definition) is 1. The van der Waals surface area contributed by atoms with Crippen molar-refractivity contribution in [3.05, 3.63) is 42.2 Å². The lowest BCUT2D eigenvalue weighted by atomic mass is 9.95. The lowest BCUT2D eigenvalue weighted by Gasteiger charge is -2.42. The predicted molar refractivity (Wildman–Crippen MR) is 94.7 cm³/mol. The predicted octanol–water partition coefficient (Wildman–Crippen LogP) is 1.73. The molecule has 3 rings (SSSR count). The quantitative estimate of drug-likeness (QED) is 0.846. The van der Waals surface area contributed by atoms with Crippen LogP contribution in [0.2, 0.25) is 0 Å². The minimum atomic E-state index is -1.12. The topological polar surface area (TPSA) is 93.5 Å². The summed E-state index contributed by atoms with van der Waals surface area (Å²) >= 11 is 0. The van der Waals surface area contributed by atoms with Gasteiger partial charge < -0.3 is 10.1 Å². The maximum absolute atomic E-state index is 13.0. The lowest BCUT2D eigenvalue weighted by molar-refractivity contribution is -0.131. The van der Waals surface area contributed by atoms with Gasteiger partial charge in [0, 0.05) is 13.2 Å². The van der Waals surface area contributed by atoms with E-state index in [1.165, 1.54) is 28.9 Å². The van der Waals surface area contributed by atoms with E-state index < -0.39 is 23.5 Å². The van der Waals surface area contributed by atoms with Crippen LogP contribution >= 0.6 is 0 Å². The van der Waals surface area contributed by atoms with Crippen LogP contribution in [0.3, 0.4) is 0 Å². The molecule has 26 heavy (non-hydrogen) atoms. The Kier molecular flexibility index (Phi) is 4.27. The highest BCUT2D eigenvalue weighted by atomic mass is 16.5. The summed E-state index contributed by atoms with van der Waals surface area (Å²) in [6.07, 6.45) is 1.81. The van der Waals surface area contributed by atoms with E-state index in [1.54, 1.807) is 45.2 Å². The first-order valence-electron chi connectivity index (χ1n) is 8.16. The lowest BCUT2D eigenvalue weighted by Crippen LogP contribution is -2.60. The van der Waals surface area contributed by atoms with Crippen molar-refractivity contribution < 1.29 is 19.1 Å². The third-order valence-corrected chi connectivity index (χ3v) is 4.30. The molecule has 2 amide bonds. The SMILES string of the molecule is C[C@H](OC(=O)c1cnn(C)c1)C(=O)N1c2ccccc2NC(=O)C1(C)C. The van der Waals surface area contributed by atoms with E-state index in [0.717, 1.165) is 0 Å². The van der Waals surface area contributed by atoms with Crippen molar-refractivity contribution in [3.8, 4) is 0 Å². The summed E-state index contributed by atoms with van der Waals surface area (Å²) in [4.78, 5) is 39.1. The molecule has 0 aliphatic carbocycles. The summed E-state index contributed by atoms with van der Waals surface area (Å²) in [5.41, 5.74) is 0.228. The fraction of sp³-hybridized carbons (Fsp3) is 0.333. The molecule has 1 aromatic carbocycles. The Morgan fingerprint density at radius 2 is 1.96 bits per heavy atom. The number of rotatable bonds is 3. The van der Waals surface area contributed by atoms with E-state index in [9.17, 15) is 14.4 Å². The summed E-state index contributed by atoms with van der Waals surface area (Å²) in [6.45, 7) is 4.78. The molecule has 136 valence electrons. The highest BCUT2D eigenvalue weighted by Crippen LogP contribution is 2.37. The summed E-state index contributed by atoms with van der Waals surface area (Å²) in [6, 6.07) is 7.00. The smallest absolute Gasteiger partial charge is 0.342 e. The number of amides is 2. The average molecular weight is 356 g/mol. The van der Waals surface area contributed by atoms with Crippen LogP contribution in [-0.4, -0.2) is 39.2 Å². The molecular weight excluding hydrogens is 336 g/mol. The summed E-state index contributed by atoms with van der Waals surface area (Å²) < 4.78 is 6.76. The first-order valence-corrected chi connectivity index (χ1v) is 8.16. The van der Waals surface area contributed by atoms with Crippen LogP contribution in [0.4, 0.5) is 11.4 Å². The van der Waals surface area contributed by atoms with Gasteiger partial charge in [0.2, 0.25) is 5.91 Å². The van der Waals surface area contributed by atoms with E-state index >= 15 is 0 Å². The van der Waals surface area contributed by atoms with E-state index in [-0.39, 0.29) is 11.5 Å². The van der Waals surface area contributed by atoms with Crippen molar-refractivity contribution in [2.24, 2.45) is 7.05 Å². The molecule has 1 atom stereocenters. The molecule has 1 aliphatic heterocycles. The van der Waals surface area contributed by atoms with Gasteiger partial charge in [0.05, 0.1) is 23.1 Å². The molecule has 8 heteroatoms. The number of hydrogen-bond acceptors (Lipinski definition) is 5. The van der Waals surface area contributed by atoms with E-state index in [0.29, 0.717) is 11.4 Å². The van der Waals surface area contributed by atoms with Gasteiger partial charge in [-0.15, -0.1) is 0 Å². The van der Waals surface area contributed by atoms with Crippen LogP contribution in [0.15, 0.2) is 36.7 Å². The van der Waals surface area contributed by atoms with E-state index in [4.69, 9.17) is 4.74 Å². The van der Waals surface area contributed by atoms with Crippen molar-refractivity contribution >= 4 is 29.2 Å². The second-order valence-electron chi connectivity index (χ2n) is 6.65. The van der Waals surface area contributed by atoms with Gasteiger partial charge in [0.25, 0.3) is 5.91 Å². The van der Waals surface area contributed by atoms with Gasteiger partial charge in [-0.2, -0.15) is 5.10 Å². The molecule has 0 saturated carbocycles. The Hall–Kier alpha value is -3.16. The van der Waals surface area contributed by atoms with Crippen molar-refractivity contribution in [2.45, 2.75) is 32.4 Å². The summed E-state index contributed by atoms with van der Waals surface area (Å²) in [5, 5.41) is 6.70. The number of carbonyl (C=O) groups excluding carboxylic acids is 3. The minimum Gasteiger partial charge on any atom is -0.449 e. The highest BCUT2D eigenvalue weighted by molar-refractivity contribution is 6.15. The number of aryl methyl sites for hydroxylation is 1. The molecule has 0 spiro atoms.